The third-order valence-corrected chi connectivity index (χ3v) is 6.85. The van der Waals surface area contributed by atoms with E-state index in [0.29, 0.717) is 17.3 Å². The fourth-order valence-electron chi connectivity index (χ4n) is 2.71. The fraction of sp³-hybridized carbons (Fsp3) is 0.200. The number of nitrogens with one attached hydrogen (secondary N) is 1. The monoisotopic (exact) mass is 436 g/mol. The van der Waals surface area contributed by atoms with E-state index in [1.165, 1.54) is 24.3 Å². The summed E-state index contributed by atoms with van der Waals surface area (Å²) in [4.78, 5) is 18.6. The molecule has 0 bridgehead atoms. The van der Waals surface area contributed by atoms with Crippen LogP contribution in [0.4, 0.5) is 11.4 Å². The Kier molecular flexibility index (Phi) is 5.27. The third kappa shape index (κ3) is 4.17. The van der Waals surface area contributed by atoms with Crippen LogP contribution in [0.2, 0.25) is 10.0 Å². The number of hydrogen-bond donors (Lipinski definition) is 3. The van der Waals surface area contributed by atoms with Crippen molar-refractivity contribution in [2.75, 3.05) is 22.5 Å². The summed E-state index contributed by atoms with van der Waals surface area (Å²) in [5.41, 5.74) is 1.90. The maximum atomic E-state index is 13.1. The molecule has 1 aliphatic heterocycles. The molecule has 1 heterocycles. The highest BCUT2D eigenvalue weighted by Crippen LogP contribution is 2.41. The van der Waals surface area contributed by atoms with Crippen molar-refractivity contribution >= 4 is 52.2 Å². The van der Waals surface area contributed by atoms with Gasteiger partial charge in [0.1, 0.15) is 6.29 Å². The smallest absolute Gasteiger partial charge is 0.345 e. The van der Waals surface area contributed by atoms with Crippen LogP contribution in [0.15, 0.2) is 41.3 Å². The summed E-state index contributed by atoms with van der Waals surface area (Å²) in [7, 11) is -8.98. The number of rotatable bonds is 5. The molecule has 0 unspecified atom stereocenters. The molecule has 7 nitrogen and oxygen atoms in total. The predicted octanol–water partition coefficient (Wildman–Crippen LogP) is 3.29. The van der Waals surface area contributed by atoms with Gasteiger partial charge in [-0.2, -0.15) is 0 Å². The van der Waals surface area contributed by atoms with E-state index in [4.69, 9.17) is 23.2 Å². The fourth-order valence-corrected chi connectivity index (χ4v) is 6.12. The first-order chi connectivity index (χ1) is 12.1. The molecule has 0 amide bonds. The minimum Gasteiger partial charge on any atom is -0.384 e. The Morgan fingerprint density at radius 3 is 2.38 bits per heavy atom. The standard InChI is InChI=1S/C15H15Cl2N2O5PS/c16-11-6-12(17)8-14(7-11)26(23,24)19(9-25(20,21)22)13-1-2-15-10(5-13)3-4-18-15/h1-2,5-8,18H,3-4,9H2,(H2,20,21,22). The highest BCUT2D eigenvalue weighted by atomic mass is 35.5. The van der Waals surface area contributed by atoms with E-state index < -0.39 is 23.9 Å². The summed E-state index contributed by atoms with van der Waals surface area (Å²) >= 11 is 11.8. The minimum atomic E-state index is -4.68. The molecule has 0 spiro atoms. The van der Waals surface area contributed by atoms with E-state index >= 15 is 0 Å². The lowest BCUT2D eigenvalue weighted by molar-refractivity contribution is 0.373. The number of sulfonamides is 1. The molecule has 1 aliphatic rings. The number of hydrogen-bond acceptors (Lipinski definition) is 4. The zero-order valence-corrected chi connectivity index (χ0v) is 16.5. The highest BCUT2D eigenvalue weighted by molar-refractivity contribution is 7.93. The Balaban J connectivity index is 2.13. The second-order valence-electron chi connectivity index (χ2n) is 5.78. The van der Waals surface area contributed by atoms with Crippen LogP contribution in [-0.2, 0) is 21.0 Å². The molecule has 0 saturated carbocycles. The lowest BCUT2D eigenvalue weighted by Gasteiger charge is -2.25. The van der Waals surface area contributed by atoms with Crippen LogP contribution < -0.4 is 9.62 Å². The topological polar surface area (TPSA) is 107 Å². The van der Waals surface area contributed by atoms with Crippen molar-refractivity contribution in [1.29, 1.82) is 0 Å². The number of benzene rings is 2. The second-order valence-corrected chi connectivity index (χ2v) is 10.1. The van der Waals surface area contributed by atoms with Gasteiger partial charge in [-0.05, 0) is 48.4 Å². The summed E-state index contributed by atoms with van der Waals surface area (Å²) in [6.45, 7) is 0.716. The van der Waals surface area contributed by atoms with E-state index in [9.17, 15) is 22.8 Å². The van der Waals surface area contributed by atoms with Crippen LogP contribution in [0.1, 0.15) is 5.56 Å². The van der Waals surface area contributed by atoms with E-state index in [1.54, 1.807) is 12.1 Å². The molecule has 2 aromatic carbocycles. The number of nitrogens with zero attached hydrogens (tertiary/aromatic N) is 1. The van der Waals surface area contributed by atoms with Crippen molar-refractivity contribution in [2.45, 2.75) is 11.3 Å². The lowest BCUT2D eigenvalue weighted by Crippen LogP contribution is -2.32. The zero-order valence-electron chi connectivity index (χ0n) is 13.3. The summed E-state index contributed by atoms with van der Waals surface area (Å²) in [5.74, 6) is 0. The van der Waals surface area contributed by atoms with Gasteiger partial charge in [0, 0.05) is 22.3 Å². The van der Waals surface area contributed by atoms with Crippen LogP contribution in [0, 0.1) is 0 Å². The predicted molar refractivity (Wildman–Crippen MR) is 102 cm³/mol. The van der Waals surface area contributed by atoms with Crippen molar-refractivity contribution < 1.29 is 22.8 Å². The number of halogens is 2. The Morgan fingerprint density at radius 2 is 1.77 bits per heavy atom. The molecule has 0 fully saturated rings. The quantitative estimate of drug-likeness (QED) is 0.620. The summed E-state index contributed by atoms with van der Waals surface area (Å²) in [6.07, 6.45) is -0.304. The average Bonchev–Trinajstić information content (AvgIpc) is 2.98. The van der Waals surface area contributed by atoms with Gasteiger partial charge in [0.25, 0.3) is 10.0 Å². The Bertz CT molecular complexity index is 989. The normalized spacial score (nSPS) is 14.0. The molecular formula is C15H15Cl2N2O5PS. The zero-order chi connectivity index (χ0) is 19.1. The van der Waals surface area contributed by atoms with Gasteiger partial charge in [0.05, 0.1) is 10.6 Å². The van der Waals surface area contributed by atoms with Gasteiger partial charge in [-0.1, -0.05) is 23.2 Å². The van der Waals surface area contributed by atoms with Crippen molar-refractivity contribution in [1.82, 2.24) is 0 Å². The second kappa shape index (κ2) is 7.03. The molecular weight excluding hydrogens is 422 g/mol. The molecule has 11 heteroatoms. The van der Waals surface area contributed by atoms with Crippen molar-refractivity contribution in [2.24, 2.45) is 0 Å². The first kappa shape index (κ1) is 19.5. The first-order valence-corrected chi connectivity index (χ1v) is 11.5. The summed E-state index contributed by atoms with van der Waals surface area (Å²) in [5, 5.41) is 3.35. The first-order valence-electron chi connectivity index (χ1n) is 7.46. The van der Waals surface area contributed by atoms with Crippen molar-refractivity contribution in [3.05, 3.63) is 52.0 Å². The molecule has 140 valence electrons. The molecule has 3 N–H and O–H groups in total. The SMILES string of the molecule is O=P(O)(O)CN(c1ccc2c(c1)CCN2)S(=O)(=O)c1cc(Cl)cc(Cl)c1. The van der Waals surface area contributed by atoms with Crippen LogP contribution >= 0.6 is 30.8 Å². The van der Waals surface area contributed by atoms with E-state index in [0.717, 1.165) is 11.3 Å². The maximum Gasteiger partial charge on any atom is 0.345 e. The van der Waals surface area contributed by atoms with Gasteiger partial charge < -0.3 is 15.1 Å². The summed E-state index contributed by atoms with van der Waals surface area (Å²) in [6, 6.07) is 8.53. The van der Waals surface area contributed by atoms with Crippen molar-refractivity contribution in [3.8, 4) is 0 Å². The molecule has 0 atom stereocenters. The molecule has 26 heavy (non-hydrogen) atoms. The lowest BCUT2D eigenvalue weighted by atomic mass is 10.1. The Hall–Kier alpha value is -1.28. The van der Waals surface area contributed by atoms with Crippen LogP contribution in [-0.4, -0.2) is 31.0 Å². The molecule has 0 aliphatic carbocycles. The molecule has 0 saturated heterocycles. The average molecular weight is 437 g/mol. The van der Waals surface area contributed by atoms with Crippen molar-refractivity contribution in [3.63, 3.8) is 0 Å². The third-order valence-electron chi connectivity index (χ3n) is 3.82. The largest absolute Gasteiger partial charge is 0.384 e. The Morgan fingerprint density at radius 1 is 1.12 bits per heavy atom. The van der Waals surface area contributed by atoms with Gasteiger partial charge in [-0.25, -0.2) is 8.42 Å². The van der Waals surface area contributed by atoms with Crippen LogP contribution in [0.25, 0.3) is 0 Å². The van der Waals surface area contributed by atoms with Crippen LogP contribution in [0.3, 0.4) is 0 Å². The minimum absolute atomic E-state index is 0.102. The Labute approximate surface area is 160 Å². The van der Waals surface area contributed by atoms with Gasteiger partial charge in [-0.3, -0.25) is 8.87 Å². The molecule has 3 rings (SSSR count). The number of fused-ring (bicyclic) bond motifs is 1. The van der Waals surface area contributed by atoms with Gasteiger partial charge in [-0.15, -0.1) is 0 Å². The molecule has 0 aromatic heterocycles. The number of anilines is 2. The van der Waals surface area contributed by atoms with Crippen LogP contribution in [0.5, 0.6) is 0 Å². The van der Waals surface area contributed by atoms with E-state index in [-0.39, 0.29) is 20.6 Å². The van der Waals surface area contributed by atoms with Gasteiger partial charge in [0.2, 0.25) is 0 Å². The van der Waals surface area contributed by atoms with E-state index in [2.05, 4.69) is 5.32 Å². The highest BCUT2D eigenvalue weighted by Gasteiger charge is 2.32. The van der Waals surface area contributed by atoms with Gasteiger partial charge >= 0.3 is 7.60 Å². The van der Waals surface area contributed by atoms with Gasteiger partial charge in [0.15, 0.2) is 0 Å². The maximum absolute atomic E-state index is 13.1. The molecule has 2 aromatic rings. The molecule has 0 radical (unpaired) electrons. The summed E-state index contributed by atoms with van der Waals surface area (Å²) < 4.78 is 38.4. The van der Waals surface area contributed by atoms with E-state index in [1.807, 2.05) is 0 Å².